The second kappa shape index (κ2) is 5.70. The molecule has 1 aliphatic rings. The highest BCUT2D eigenvalue weighted by molar-refractivity contribution is 7.89. The number of nitrogens with zero attached hydrogens (tertiary/aromatic N) is 3. The van der Waals surface area contributed by atoms with Crippen LogP contribution in [0.3, 0.4) is 0 Å². The molecule has 2 aromatic heterocycles. The van der Waals surface area contributed by atoms with Crippen LogP contribution < -0.4 is 0 Å². The maximum absolute atomic E-state index is 12.9. The van der Waals surface area contributed by atoms with Crippen molar-refractivity contribution in [2.24, 2.45) is 0 Å². The fourth-order valence-corrected chi connectivity index (χ4v) is 5.11. The van der Waals surface area contributed by atoms with Crippen molar-refractivity contribution in [1.82, 2.24) is 19.5 Å². The third-order valence-electron chi connectivity index (χ3n) is 4.11. The molecule has 3 aromatic rings. The maximum atomic E-state index is 12.9. The molecule has 124 valence electrons. The normalized spacial score (nSPS) is 15.6. The molecule has 0 amide bonds. The molecule has 4 rings (SSSR count). The van der Waals surface area contributed by atoms with Gasteiger partial charge in [-0.05, 0) is 35.7 Å². The molecule has 1 aliphatic heterocycles. The van der Waals surface area contributed by atoms with Gasteiger partial charge in [0, 0.05) is 34.7 Å². The van der Waals surface area contributed by atoms with Crippen molar-refractivity contribution in [1.29, 1.82) is 0 Å². The number of benzene rings is 1. The monoisotopic (exact) mass is 382 g/mol. The van der Waals surface area contributed by atoms with Crippen LogP contribution in [0.15, 0.2) is 35.5 Å². The Balaban J connectivity index is 1.73. The van der Waals surface area contributed by atoms with E-state index in [-0.39, 0.29) is 11.4 Å². The zero-order valence-corrected chi connectivity index (χ0v) is 14.7. The molecule has 9 heteroatoms. The first kappa shape index (κ1) is 15.8. The van der Waals surface area contributed by atoms with Crippen LogP contribution in [0.5, 0.6) is 0 Å². The number of pyridine rings is 1. The highest BCUT2D eigenvalue weighted by Crippen LogP contribution is 2.30. The van der Waals surface area contributed by atoms with Crippen molar-refractivity contribution in [3.63, 3.8) is 0 Å². The lowest BCUT2D eigenvalue weighted by molar-refractivity contribution is 0.392. The summed E-state index contributed by atoms with van der Waals surface area (Å²) in [6, 6.07) is 4.33. The SMILES string of the molecule is O=S(=O)(c1cc(Cl)cc(Cl)c1)N1CCc2c(cnc3[nH]ncc23)C1. The number of H-pyrrole nitrogens is 1. The Kier molecular flexibility index (Phi) is 3.76. The van der Waals surface area contributed by atoms with Gasteiger partial charge in [-0.1, -0.05) is 23.2 Å². The molecule has 24 heavy (non-hydrogen) atoms. The molecular formula is C15H12Cl2N4O2S. The van der Waals surface area contributed by atoms with Crippen molar-refractivity contribution < 1.29 is 8.42 Å². The average Bonchev–Trinajstić information content (AvgIpc) is 3.02. The molecule has 0 bridgehead atoms. The Morgan fingerprint density at radius 1 is 1.12 bits per heavy atom. The molecular weight excluding hydrogens is 371 g/mol. The van der Waals surface area contributed by atoms with E-state index < -0.39 is 10.0 Å². The molecule has 0 fully saturated rings. The zero-order chi connectivity index (χ0) is 16.9. The molecule has 1 N–H and O–H groups in total. The second-order valence-corrected chi connectivity index (χ2v) is 8.40. The third-order valence-corrected chi connectivity index (χ3v) is 6.37. The summed E-state index contributed by atoms with van der Waals surface area (Å²) < 4.78 is 27.2. The van der Waals surface area contributed by atoms with Crippen LogP contribution in [0.1, 0.15) is 11.1 Å². The van der Waals surface area contributed by atoms with Crippen LogP contribution in [0.4, 0.5) is 0 Å². The number of nitrogens with one attached hydrogen (secondary N) is 1. The largest absolute Gasteiger partial charge is 0.261 e. The molecule has 6 nitrogen and oxygen atoms in total. The second-order valence-electron chi connectivity index (χ2n) is 5.59. The van der Waals surface area contributed by atoms with Crippen LogP contribution in [0, 0.1) is 0 Å². The van der Waals surface area contributed by atoms with Gasteiger partial charge in [-0.3, -0.25) is 5.10 Å². The first-order chi connectivity index (χ1) is 11.4. The van der Waals surface area contributed by atoms with Crippen LogP contribution in [0.2, 0.25) is 10.0 Å². The lowest BCUT2D eigenvalue weighted by Crippen LogP contribution is -2.36. The van der Waals surface area contributed by atoms with Gasteiger partial charge in [0.15, 0.2) is 5.65 Å². The number of fused-ring (bicyclic) bond motifs is 3. The van der Waals surface area contributed by atoms with Gasteiger partial charge >= 0.3 is 0 Å². The fourth-order valence-electron chi connectivity index (χ4n) is 2.96. The van der Waals surface area contributed by atoms with Gasteiger partial charge in [-0.2, -0.15) is 9.40 Å². The summed E-state index contributed by atoms with van der Waals surface area (Å²) in [4.78, 5) is 4.39. The standard InChI is InChI=1S/C15H12Cl2N4O2S/c16-10-3-11(17)5-12(4-10)24(22,23)21-2-1-13-9(8-21)6-18-15-14(13)7-19-20-15/h3-7H,1-2,8H2,(H,18,19,20). The van der Waals surface area contributed by atoms with E-state index in [0.717, 1.165) is 16.5 Å². The van der Waals surface area contributed by atoms with E-state index in [1.165, 1.54) is 22.5 Å². The van der Waals surface area contributed by atoms with Crippen LogP contribution in [-0.4, -0.2) is 34.4 Å². The van der Waals surface area contributed by atoms with E-state index in [1.54, 1.807) is 12.4 Å². The molecule has 0 saturated carbocycles. The number of sulfonamides is 1. The van der Waals surface area contributed by atoms with Crippen LogP contribution >= 0.6 is 23.2 Å². The van der Waals surface area contributed by atoms with Gasteiger partial charge in [0.1, 0.15) is 0 Å². The highest BCUT2D eigenvalue weighted by Gasteiger charge is 2.30. The van der Waals surface area contributed by atoms with Gasteiger partial charge in [-0.25, -0.2) is 13.4 Å². The molecule has 0 saturated heterocycles. The highest BCUT2D eigenvalue weighted by atomic mass is 35.5. The van der Waals surface area contributed by atoms with Crippen molar-refractivity contribution >= 4 is 44.3 Å². The minimum Gasteiger partial charge on any atom is -0.261 e. The Labute approximate surface area is 148 Å². The first-order valence-corrected chi connectivity index (χ1v) is 9.41. The zero-order valence-electron chi connectivity index (χ0n) is 12.3. The predicted molar refractivity (Wildman–Crippen MR) is 91.7 cm³/mol. The van der Waals surface area contributed by atoms with Crippen molar-refractivity contribution in [3.8, 4) is 0 Å². The van der Waals surface area contributed by atoms with Crippen molar-refractivity contribution in [2.75, 3.05) is 6.54 Å². The van der Waals surface area contributed by atoms with Gasteiger partial charge in [0.2, 0.25) is 10.0 Å². The van der Waals surface area contributed by atoms with Gasteiger partial charge in [0.25, 0.3) is 0 Å². The Morgan fingerprint density at radius 2 is 1.88 bits per heavy atom. The lowest BCUT2D eigenvalue weighted by atomic mass is 10.0. The minimum atomic E-state index is -3.68. The number of rotatable bonds is 2. The van der Waals surface area contributed by atoms with Crippen molar-refractivity contribution in [3.05, 3.63) is 51.8 Å². The van der Waals surface area contributed by atoms with E-state index >= 15 is 0 Å². The summed E-state index contributed by atoms with van der Waals surface area (Å²) in [6.45, 7) is 0.639. The maximum Gasteiger partial charge on any atom is 0.243 e. The fraction of sp³-hybridized carbons (Fsp3) is 0.200. The number of hydrogen-bond donors (Lipinski definition) is 1. The summed E-state index contributed by atoms with van der Waals surface area (Å²) in [7, 11) is -3.68. The van der Waals surface area contributed by atoms with Crippen molar-refractivity contribution in [2.45, 2.75) is 17.9 Å². The molecule has 0 atom stereocenters. The summed E-state index contributed by atoms with van der Waals surface area (Å²) in [6.07, 6.45) is 4.02. The number of aromatic nitrogens is 3. The van der Waals surface area contributed by atoms with Gasteiger partial charge in [-0.15, -0.1) is 0 Å². The van der Waals surface area contributed by atoms with E-state index in [1.807, 2.05) is 0 Å². The van der Waals surface area contributed by atoms with E-state index in [2.05, 4.69) is 15.2 Å². The molecule has 0 aliphatic carbocycles. The Morgan fingerprint density at radius 3 is 2.62 bits per heavy atom. The molecule has 1 aromatic carbocycles. The van der Waals surface area contributed by atoms with E-state index in [9.17, 15) is 8.42 Å². The minimum absolute atomic E-state index is 0.0980. The van der Waals surface area contributed by atoms with E-state index in [4.69, 9.17) is 23.2 Å². The number of aromatic amines is 1. The summed E-state index contributed by atoms with van der Waals surface area (Å²) in [5, 5.41) is 8.35. The Hall–Kier alpha value is -1.67. The predicted octanol–water partition coefficient (Wildman–Crippen LogP) is 3.01. The lowest BCUT2D eigenvalue weighted by Gasteiger charge is -2.28. The topological polar surface area (TPSA) is 79.0 Å². The Bertz CT molecular complexity index is 1030. The van der Waals surface area contributed by atoms with Crippen LogP contribution in [-0.2, 0) is 23.0 Å². The third kappa shape index (κ3) is 2.57. The molecule has 0 unspecified atom stereocenters. The van der Waals surface area contributed by atoms with Crippen LogP contribution in [0.25, 0.3) is 11.0 Å². The quantitative estimate of drug-likeness (QED) is 0.738. The number of hydrogen-bond acceptors (Lipinski definition) is 4. The smallest absolute Gasteiger partial charge is 0.243 e. The van der Waals surface area contributed by atoms with Gasteiger partial charge < -0.3 is 0 Å². The first-order valence-electron chi connectivity index (χ1n) is 7.21. The van der Waals surface area contributed by atoms with E-state index in [0.29, 0.717) is 28.7 Å². The average molecular weight is 383 g/mol. The molecule has 0 radical (unpaired) electrons. The summed E-state index contributed by atoms with van der Waals surface area (Å²) >= 11 is 11.9. The molecule has 0 spiro atoms. The summed E-state index contributed by atoms with van der Waals surface area (Å²) in [5.74, 6) is 0. The summed E-state index contributed by atoms with van der Waals surface area (Å²) in [5.41, 5.74) is 2.68. The van der Waals surface area contributed by atoms with Gasteiger partial charge in [0.05, 0.1) is 11.1 Å². The molecule has 3 heterocycles. The number of halogens is 2.